The number of nitrogens with zero attached hydrogens (tertiary/aromatic N) is 2. The molecule has 14 N–H and O–H groups in total. The second-order valence-electron chi connectivity index (χ2n) is 20.2. The number of azo groups is 1. The number of amides is 8. The molecular formula is C58H71IN12O9S2. The number of fused-ring (bicyclic) bond motifs is 1. The van der Waals surface area contributed by atoms with Gasteiger partial charge in [0.2, 0.25) is 47.3 Å². The number of halogens is 1. The van der Waals surface area contributed by atoms with Crippen LogP contribution in [0.25, 0.3) is 10.8 Å². The first kappa shape index (κ1) is 64.0. The van der Waals surface area contributed by atoms with Gasteiger partial charge in [-0.2, -0.15) is 10.2 Å². The number of primary amides is 1. The third-order valence-electron chi connectivity index (χ3n) is 13.4. The summed E-state index contributed by atoms with van der Waals surface area (Å²) in [5, 5.41) is 40.1. The molecular weight excluding hydrogens is 1200 g/mol. The van der Waals surface area contributed by atoms with Crippen molar-refractivity contribution in [1.82, 2.24) is 37.2 Å². The highest BCUT2D eigenvalue weighted by molar-refractivity contribution is 14.1. The molecule has 0 radical (unpaired) electrons. The Balaban J connectivity index is 1.39. The molecule has 8 amide bonds. The number of rotatable bonds is 19. The second kappa shape index (κ2) is 31.9. The van der Waals surface area contributed by atoms with Crippen molar-refractivity contribution in [2.24, 2.45) is 33.3 Å². The molecule has 6 rings (SSSR count). The third kappa shape index (κ3) is 19.8. The third-order valence-corrected chi connectivity index (χ3v) is 16.5. The number of unbranched alkanes of at least 4 members (excludes halogenated alkanes) is 1. The van der Waals surface area contributed by atoms with Crippen LogP contribution in [0.15, 0.2) is 132 Å². The van der Waals surface area contributed by atoms with E-state index in [2.05, 4.69) is 47.4 Å². The van der Waals surface area contributed by atoms with E-state index in [0.717, 1.165) is 37.9 Å². The van der Waals surface area contributed by atoms with Crippen molar-refractivity contribution < 1.29 is 43.5 Å². The van der Waals surface area contributed by atoms with Gasteiger partial charge in [-0.15, -0.1) is 0 Å². The van der Waals surface area contributed by atoms with Crippen LogP contribution in [0.5, 0.6) is 5.75 Å². The predicted octanol–water partition coefficient (Wildman–Crippen LogP) is 4.20. The summed E-state index contributed by atoms with van der Waals surface area (Å²) in [6, 6.07) is 25.0. The Hall–Kier alpha value is -7.13. The molecule has 436 valence electrons. The maximum absolute atomic E-state index is 14.9. The monoisotopic (exact) mass is 1270 g/mol. The molecule has 5 aromatic rings. The molecule has 0 spiro atoms. The number of phenols is 1. The summed E-state index contributed by atoms with van der Waals surface area (Å²) in [7, 11) is 2.12. The Bertz CT molecular complexity index is 3030. The lowest BCUT2D eigenvalue weighted by atomic mass is 10.00. The van der Waals surface area contributed by atoms with Gasteiger partial charge in [-0.3, -0.25) is 38.4 Å². The Morgan fingerprint density at radius 2 is 1.21 bits per heavy atom. The molecule has 21 nitrogen and oxygen atoms in total. The molecule has 0 aromatic heterocycles. The molecule has 1 fully saturated rings. The highest BCUT2D eigenvalue weighted by Crippen LogP contribution is 2.25. The fraction of sp³-hybridized carbons (Fsp3) is 0.379. The van der Waals surface area contributed by atoms with Crippen LogP contribution in [0.4, 0.5) is 11.4 Å². The van der Waals surface area contributed by atoms with E-state index in [1.807, 2.05) is 83.3 Å². The van der Waals surface area contributed by atoms with E-state index in [0.29, 0.717) is 35.3 Å². The first-order chi connectivity index (χ1) is 39.3. The lowest BCUT2D eigenvalue weighted by molar-refractivity contribution is -0.136. The van der Waals surface area contributed by atoms with Crippen molar-refractivity contribution in [2.75, 3.05) is 18.1 Å². The van der Waals surface area contributed by atoms with Gasteiger partial charge in [0.15, 0.2) is 0 Å². The smallest absolute Gasteiger partial charge is 0.244 e. The molecule has 5 aromatic carbocycles. The van der Waals surface area contributed by atoms with Gasteiger partial charge in [0.05, 0.1) is 17.4 Å². The van der Waals surface area contributed by atoms with E-state index < -0.39 is 105 Å². The van der Waals surface area contributed by atoms with Crippen LogP contribution in [-0.2, 0) is 57.6 Å². The minimum atomic E-state index is -1.42. The number of nitrogens with one attached hydrogen (secondary N) is 7. The van der Waals surface area contributed by atoms with Crippen molar-refractivity contribution in [3.05, 3.63) is 138 Å². The highest BCUT2D eigenvalue weighted by Gasteiger charge is 2.36. The van der Waals surface area contributed by atoms with E-state index >= 15 is 0 Å². The zero-order chi connectivity index (χ0) is 59.3. The van der Waals surface area contributed by atoms with Crippen LogP contribution >= 0.6 is 44.2 Å². The maximum atomic E-state index is 14.9. The number of carbonyl (C=O) groups excluding carboxylic acids is 8. The number of aromatic hydroxyl groups is 1. The summed E-state index contributed by atoms with van der Waals surface area (Å²) in [6.45, 7) is 5.33. The fourth-order valence-electron chi connectivity index (χ4n) is 8.72. The number of carbonyl (C=O) groups is 8. The maximum Gasteiger partial charge on any atom is 0.244 e. The van der Waals surface area contributed by atoms with Gasteiger partial charge in [0.1, 0.15) is 48.0 Å². The van der Waals surface area contributed by atoms with E-state index in [9.17, 15) is 43.5 Å². The van der Waals surface area contributed by atoms with Gasteiger partial charge in [-0.05, 0) is 102 Å². The molecule has 1 saturated heterocycles. The molecule has 0 bridgehead atoms. The van der Waals surface area contributed by atoms with Gasteiger partial charge >= 0.3 is 0 Å². The Morgan fingerprint density at radius 3 is 1.82 bits per heavy atom. The molecule has 0 saturated carbocycles. The lowest BCUT2D eigenvalue weighted by Gasteiger charge is -2.29. The van der Waals surface area contributed by atoms with Crippen molar-refractivity contribution in [2.45, 2.75) is 112 Å². The molecule has 82 heavy (non-hydrogen) atoms. The summed E-state index contributed by atoms with van der Waals surface area (Å²) < 4.78 is -0.462. The summed E-state index contributed by atoms with van der Waals surface area (Å²) in [5.74, 6) is -7.09. The van der Waals surface area contributed by atoms with Crippen molar-refractivity contribution >= 4 is 114 Å². The van der Waals surface area contributed by atoms with Gasteiger partial charge in [-0.25, -0.2) is 0 Å². The number of nitrogens with two attached hydrogens (primary N) is 3. The molecule has 0 aliphatic carbocycles. The lowest BCUT2D eigenvalue weighted by Crippen LogP contribution is -2.62. The predicted molar refractivity (Wildman–Crippen MR) is 327 cm³/mol. The number of phenolic OH excluding ortho intramolecular Hbond substituents is 1. The van der Waals surface area contributed by atoms with Gasteiger partial charge in [0.25, 0.3) is 0 Å². The Morgan fingerprint density at radius 1 is 0.659 bits per heavy atom. The molecule has 1 aliphatic heterocycles. The average molecular weight is 1270 g/mol. The SMILES string of the molecule is CC(C)[C@@H]1NC(=O)[C@H](CCCCN)NC(=O)[C@@H](Cc2ccc(N=Nc3ccccc3)cc2)NC(=O)[C@H](Cc2ccc(O)cc2)NC(=O)[C@@H](NC(=O)[C@H](N)Cc2ccc3ccccc3c2)CSSC[C@@H](C(=O)N[C@H](C(N)=O)[C@@H](C)I)NC1=O. The van der Waals surface area contributed by atoms with Crippen molar-refractivity contribution in [3.63, 3.8) is 0 Å². The topological polar surface area (TPSA) is 344 Å². The molecule has 24 heteroatoms. The summed E-state index contributed by atoms with van der Waals surface area (Å²) in [5.41, 5.74) is 21.0. The van der Waals surface area contributed by atoms with Crippen molar-refractivity contribution in [1.29, 1.82) is 0 Å². The molecule has 1 aliphatic rings. The molecule has 9 atom stereocenters. The number of hydrogen-bond acceptors (Lipinski definition) is 15. The van der Waals surface area contributed by atoms with Crippen LogP contribution in [0, 0.1) is 5.92 Å². The van der Waals surface area contributed by atoms with E-state index in [1.165, 1.54) is 12.1 Å². The van der Waals surface area contributed by atoms with E-state index in [1.54, 1.807) is 69.3 Å². The standard InChI is InChI=1S/C58H71IN12O9S2/c1-33(2)49-58(80)67-48(57(79)69-50(34(3)59)51(62)73)32-82-81-31-47(66-52(74)43(61)28-37-16-21-38-11-7-8-12-39(38)27-37)56(78)65-46(30-36-19-24-42(72)25-20-36)55(77)64-45(54(76)63-44(53(75)68-49)15-9-10-26-60)29-35-17-22-41(23-18-35)71-70-40-13-5-4-6-14-40/h4-8,11-14,16-25,27,33-34,43-50,72H,9-10,15,26,28-32,60-61H2,1-3H3,(H2,62,73)(H,63,76)(H,64,77)(H,65,78)(H,66,74)(H,67,80)(H,68,75)(H,69,79)/t34-,43-,44+,45-,46+,47+,48+,49+,50+/m1/s1. The van der Waals surface area contributed by atoms with Gasteiger partial charge < -0.3 is 59.5 Å². The average Bonchev–Trinajstić information content (AvgIpc) is 3.62. The van der Waals surface area contributed by atoms with E-state index in [4.69, 9.17) is 17.2 Å². The van der Waals surface area contributed by atoms with Gasteiger partial charge in [-0.1, -0.05) is 150 Å². The second-order valence-corrected chi connectivity index (χ2v) is 24.7. The first-order valence-corrected chi connectivity index (χ1v) is 30.6. The van der Waals surface area contributed by atoms with Crippen molar-refractivity contribution in [3.8, 4) is 5.75 Å². The summed E-state index contributed by atoms with van der Waals surface area (Å²) in [4.78, 5) is 114. The van der Waals surface area contributed by atoms with Crippen LogP contribution in [0.3, 0.4) is 0 Å². The zero-order valence-electron chi connectivity index (χ0n) is 45.7. The molecule has 0 unspecified atom stereocenters. The normalized spacial score (nSPS) is 21.0. The Kier molecular flexibility index (Phi) is 24.9. The minimum Gasteiger partial charge on any atom is -0.508 e. The van der Waals surface area contributed by atoms with Crippen LogP contribution in [0.1, 0.15) is 56.7 Å². The van der Waals surface area contributed by atoms with Crippen LogP contribution in [-0.4, -0.2) is 123 Å². The van der Waals surface area contributed by atoms with E-state index in [-0.39, 0.29) is 49.5 Å². The fourth-order valence-corrected chi connectivity index (χ4v) is 11.6. The van der Waals surface area contributed by atoms with Crippen LogP contribution in [0.2, 0.25) is 0 Å². The van der Waals surface area contributed by atoms with Crippen LogP contribution < -0.4 is 54.4 Å². The zero-order valence-corrected chi connectivity index (χ0v) is 49.5. The van der Waals surface area contributed by atoms with Gasteiger partial charge in [0, 0.05) is 28.3 Å². The number of hydrogen-bond donors (Lipinski definition) is 11. The highest BCUT2D eigenvalue weighted by atomic mass is 127. The summed E-state index contributed by atoms with van der Waals surface area (Å²) in [6.07, 6.45) is 0.753. The molecule has 1 heterocycles. The minimum absolute atomic E-state index is 0.0497. The summed E-state index contributed by atoms with van der Waals surface area (Å²) >= 11 is 1.95. The largest absolute Gasteiger partial charge is 0.508 e. The first-order valence-electron chi connectivity index (χ1n) is 26.9. The Labute approximate surface area is 498 Å². The quantitative estimate of drug-likeness (QED) is 0.0182. The number of benzene rings is 5. The number of alkyl halides is 1.